The maximum absolute atomic E-state index is 12.8. The van der Waals surface area contributed by atoms with Gasteiger partial charge in [0.15, 0.2) is 0 Å². The first-order valence-electron chi connectivity index (χ1n) is 10.8. The number of hydrogen-bond acceptors (Lipinski definition) is 4. The van der Waals surface area contributed by atoms with Crippen molar-refractivity contribution < 1.29 is 14.3 Å². The van der Waals surface area contributed by atoms with Gasteiger partial charge in [-0.1, -0.05) is 6.92 Å². The van der Waals surface area contributed by atoms with Crippen LogP contribution in [-0.2, 0) is 14.3 Å². The molecule has 2 amide bonds. The summed E-state index contributed by atoms with van der Waals surface area (Å²) in [5.74, 6) is 1.08. The summed E-state index contributed by atoms with van der Waals surface area (Å²) in [6.45, 7) is 9.75. The van der Waals surface area contributed by atoms with E-state index in [2.05, 4.69) is 22.0 Å². The molecule has 3 rings (SSSR count). The first kappa shape index (κ1) is 20.6. The minimum atomic E-state index is -0.145. The quantitative estimate of drug-likeness (QED) is 0.816. The fourth-order valence-corrected chi connectivity index (χ4v) is 5.11. The van der Waals surface area contributed by atoms with Crippen LogP contribution in [0.2, 0.25) is 0 Å². The Balaban J connectivity index is 1.60. The summed E-state index contributed by atoms with van der Waals surface area (Å²) in [7, 11) is 0. The Morgan fingerprint density at radius 1 is 1.04 bits per heavy atom. The lowest BCUT2D eigenvalue weighted by Gasteiger charge is -2.45. The number of hydrogen-bond donors (Lipinski definition) is 1. The van der Waals surface area contributed by atoms with Crippen LogP contribution in [0.4, 0.5) is 0 Å². The SMILES string of the molecule is CC(=O)N1CCN(C(C)C(=O)NC2CCC(C)CC2)CCC12CCOCC2. The number of amides is 2. The highest BCUT2D eigenvalue weighted by atomic mass is 16.5. The van der Waals surface area contributed by atoms with Crippen LogP contribution < -0.4 is 5.32 Å². The third-order valence-corrected chi connectivity index (χ3v) is 7.14. The van der Waals surface area contributed by atoms with Gasteiger partial charge >= 0.3 is 0 Å². The fourth-order valence-electron chi connectivity index (χ4n) is 5.11. The average Bonchev–Trinajstić information content (AvgIpc) is 2.83. The molecule has 1 aliphatic carbocycles. The minimum absolute atomic E-state index is 0.0888. The Bertz CT molecular complexity index is 525. The molecular formula is C21H37N3O3. The van der Waals surface area contributed by atoms with E-state index in [9.17, 15) is 9.59 Å². The van der Waals surface area contributed by atoms with E-state index >= 15 is 0 Å². The maximum Gasteiger partial charge on any atom is 0.237 e. The summed E-state index contributed by atoms with van der Waals surface area (Å²) in [6.07, 6.45) is 7.35. The summed E-state index contributed by atoms with van der Waals surface area (Å²) in [6, 6.07) is 0.187. The van der Waals surface area contributed by atoms with Gasteiger partial charge in [-0.2, -0.15) is 0 Å². The molecule has 1 atom stereocenters. The van der Waals surface area contributed by atoms with Gasteiger partial charge in [0.25, 0.3) is 0 Å². The molecule has 3 aliphatic rings. The van der Waals surface area contributed by atoms with Crippen LogP contribution >= 0.6 is 0 Å². The zero-order chi connectivity index (χ0) is 19.4. The summed E-state index contributed by atoms with van der Waals surface area (Å²) in [5, 5.41) is 3.28. The van der Waals surface area contributed by atoms with Crippen LogP contribution in [0.3, 0.4) is 0 Å². The van der Waals surface area contributed by atoms with Gasteiger partial charge in [-0.15, -0.1) is 0 Å². The van der Waals surface area contributed by atoms with Crippen molar-refractivity contribution in [2.45, 2.75) is 83.3 Å². The van der Waals surface area contributed by atoms with Crippen LogP contribution in [0, 0.1) is 5.92 Å². The smallest absolute Gasteiger partial charge is 0.237 e. The predicted molar refractivity (Wildman–Crippen MR) is 105 cm³/mol. The second kappa shape index (κ2) is 8.91. The lowest BCUT2D eigenvalue weighted by Crippen LogP contribution is -2.54. The summed E-state index contributed by atoms with van der Waals surface area (Å²) in [5.41, 5.74) is -0.0888. The van der Waals surface area contributed by atoms with E-state index in [1.54, 1.807) is 6.92 Å². The van der Waals surface area contributed by atoms with Crippen molar-refractivity contribution in [3.63, 3.8) is 0 Å². The normalized spacial score (nSPS) is 30.6. The van der Waals surface area contributed by atoms with Crippen LogP contribution in [0.25, 0.3) is 0 Å². The van der Waals surface area contributed by atoms with Gasteiger partial charge in [0.1, 0.15) is 0 Å². The molecule has 3 fully saturated rings. The molecule has 1 saturated carbocycles. The Kier molecular flexibility index (Phi) is 6.79. The third kappa shape index (κ3) is 4.83. The zero-order valence-electron chi connectivity index (χ0n) is 17.3. The van der Waals surface area contributed by atoms with E-state index < -0.39 is 0 Å². The van der Waals surface area contributed by atoms with E-state index in [0.29, 0.717) is 12.6 Å². The molecule has 2 aliphatic heterocycles. The molecule has 0 aromatic heterocycles. The molecule has 2 saturated heterocycles. The monoisotopic (exact) mass is 379 g/mol. The van der Waals surface area contributed by atoms with Gasteiger partial charge in [0.05, 0.1) is 6.04 Å². The highest BCUT2D eigenvalue weighted by Gasteiger charge is 2.42. The lowest BCUT2D eigenvalue weighted by atomic mass is 9.84. The van der Waals surface area contributed by atoms with E-state index in [0.717, 1.165) is 64.3 Å². The van der Waals surface area contributed by atoms with Crippen LogP contribution in [-0.4, -0.2) is 72.1 Å². The molecule has 0 bridgehead atoms. The van der Waals surface area contributed by atoms with Crippen LogP contribution in [0.1, 0.15) is 65.7 Å². The summed E-state index contributed by atoms with van der Waals surface area (Å²) < 4.78 is 5.55. The lowest BCUT2D eigenvalue weighted by molar-refractivity contribution is -0.139. The van der Waals surface area contributed by atoms with Crippen LogP contribution in [0.15, 0.2) is 0 Å². The third-order valence-electron chi connectivity index (χ3n) is 7.14. The number of nitrogens with one attached hydrogen (secondary N) is 1. The van der Waals surface area contributed by atoms with Crippen molar-refractivity contribution >= 4 is 11.8 Å². The fraction of sp³-hybridized carbons (Fsp3) is 0.905. The maximum atomic E-state index is 12.8. The molecule has 1 spiro atoms. The largest absolute Gasteiger partial charge is 0.381 e. The second-order valence-electron chi connectivity index (χ2n) is 8.93. The highest BCUT2D eigenvalue weighted by molar-refractivity contribution is 5.81. The van der Waals surface area contributed by atoms with Crippen molar-refractivity contribution in [1.29, 1.82) is 0 Å². The van der Waals surface area contributed by atoms with Gasteiger partial charge in [-0.3, -0.25) is 14.5 Å². The van der Waals surface area contributed by atoms with Gasteiger partial charge in [0, 0.05) is 51.4 Å². The van der Waals surface area contributed by atoms with Crippen LogP contribution in [0.5, 0.6) is 0 Å². The molecule has 154 valence electrons. The van der Waals surface area contributed by atoms with Gasteiger partial charge in [0.2, 0.25) is 11.8 Å². The molecule has 27 heavy (non-hydrogen) atoms. The summed E-state index contributed by atoms with van der Waals surface area (Å²) >= 11 is 0. The predicted octanol–water partition coefficient (Wildman–Crippen LogP) is 2.17. The number of ether oxygens (including phenoxy) is 1. The molecule has 2 heterocycles. The molecule has 6 heteroatoms. The molecule has 1 unspecified atom stereocenters. The highest BCUT2D eigenvalue weighted by Crippen LogP contribution is 2.34. The number of carbonyl (C=O) groups excluding carboxylic acids is 2. The molecular weight excluding hydrogens is 342 g/mol. The van der Waals surface area contributed by atoms with E-state index in [-0.39, 0.29) is 23.4 Å². The molecule has 0 aromatic carbocycles. The molecule has 0 radical (unpaired) electrons. The standard InChI is InChI=1S/C21H37N3O3/c1-16-4-6-19(7-5-16)22-20(26)17(2)23-11-8-21(9-14-27-15-10-21)24(13-12-23)18(3)25/h16-17,19H,4-15H2,1-3H3,(H,22,26). The number of rotatable bonds is 3. The van der Waals surface area contributed by atoms with Gasteiger partial charge < -0.3 is 15.0 Å². The topological polar surface area (TPSA) is 61.9 Å². The first-order valence-corrected chi connectivity index (χ1v) is 10.8. The Labute approximate surface area is 164 Å². The van der Waals surface area contributed by atoms with Crippen molar-refractivity contribution in [3.05, 3.63) is 0 Å². The Morgan fingerprint density at radius 3 is 2.33 bits per heavy atom. The van der Waals surface area contributed by atoms with Gasteiger partial charge in [-0.25, -0.2) is 0 Å². The zero-order valence-corrected chi connectivity index (χ0v) is 17.3. The van der Waals surface area contributed by atoms with E-state index in [4.69, 9.17) is 4.74 Å². The second-order valence-corrected chi connectivity index (χ2v) is 8.93. The van der Waals surface area contributed by atoms with E-state index in [1.807, 2.05) is 6.92 Å². The van der Waals surface area contributed by atoms with Crippen molar-refractivity contribution in [2.24, 2.45) is 5.92 Å². The molecule has 1 N–H and O–H groups in total. The summed E-state index contributed by atoms with van der Waals surface area (Å²) in [4.78, 5) is 29.5. The molecule has 0 aromatic rings. The van der Waals surface area contributed by atoms with Crippen molar-refractivity contribution in [1.82, 2.24) is 15.1 Å². The Hall–Kier alpha value is -1.14. The van der Waals surface area contributed by atoms with Crippen molar-refractivity contribution in [2.75, 3.05) is 32.8 Å². The average molecular weight is 380 g/mol. The van der Waals surface area contributed by atoms with Crippen molar-refractivity contribution in [3.8, 4) is 0 Å². The Morgan fingerprint density at radius 2 is 1.70 bits per heavy atom. The minimum Gasteiger partial charge on any atom is -0.381 e. The van der Waals surface area contributed by atoms with E-state index in [1.165, 1.54) is 12.8 Å². The van der Waals surface area contributed by atoms with Gasteiger partial charge in [-0.05, 0) is 57.8 Å². The number of nitrogens with zero attached hydrogens (tertiary/aromatic N) is 2. The number of carbonyl (C=O) groups is 2. The molecule has 6 nitrogen and oxygen atoms in total. The first-order chi connectivity index (χ1) is 12.9.